The van der Waals surface area contributed by atoms with Crippen LogP contribution in [0.1, 0.15) is 25.3 Å². The van der Waals surface area contributed by atoms with Crippen molar-refractivity contribution in [2.24, 2.45) is 5.10 Å². The summed E-state index contributed by atoms with van der Waals surface area (Å²) in [4.78, 5) is 0. The van der Waals surface area contributed by atoms with Crippen LogP contribution in [-0.2, 0) is 16.7 Å². The van der Waals surface area contributed by atoms with Gasteiger partial charge in [0.2, 0.25) is 0 Å². The Morgan fingerprint density at radius 1 is 1.12 bits per heavy atom. The number of aryl methyl sites for hydroxylation is 1. The molecule has 0 aliphatic carbocycles. The molecular weight excluding hydrogens is 326 g/mol. The number of unbranched alkanes of at least 4 members (excludes halogenated alkanes) is 1. The summed E-state index contributed by atoms with van der Waals surface area (Å²) in [5.74, 6) is -0.303. The van der Waals surface area contributed by atoms with E-state index in [0.29, 0.717) is 19.4 Å². The lowest BCUT2D eigenvalue weighted by Crippen LogP contribution is -2.33. The lowest BCUT2D eigenvalue weighted by molar-refractivity contribution is -0.697. The highest BCUT2D eigenvalue weighted by atomic mass is 32.2. The lowest BCUT2D eigenvalue weighted by atomic mass is 10.2. The molecule has 0 bridgehead atoms. The Labute approximate surface area is 142 Å². The molecule has 0 saturated heterocycles. The molecule has 1 N–H and O–H groups in total. The molecule has 24 heavy (non-hydrogen) atoms. The van der Waals surface area contributed by atoms with E-state index in [4.69, 9.17) is 0 Å². The second-order valence-corrected chi connectivity index (χ2v) is 6.99. The quantitative estimate of drug-likeness (QED) is 0.261. The minimum absolute atomic E-state index is 0.303. The molecule has 7 heteroatoms. The zero-order chi connectivity index (χ0) is 17.4. The van der Waals surface area contributed by atoms with E-state index in [1.165, 1.54) is 0 Å². The van der Waals surface area contributed by atoms with Crippen LogP contribution in [0.15, 0.2) is 60.0 Å². The smallest absolute Gasteiger partial charge is 0.169 e. The van der Waals surface area contributed by atoms with E-state index in [-0.39, 0.29) is 5.75 Å². The Morgan fingerprint density at radius 3 is 2.42 bits per heavy atom. The molecule has 0 amide bonds. The van der Waals surface area contributed by atoms with E-state index in [1.807, 2.05) is 66.3 Å². The SMILES string of the molecule is C/C(=N/Nc1ccccc1)c1cc[n+](CCCCS(=O)(=O)[O-])cc1. The summed E-state index contributed by atoms with van der Waals surface area (Å²) in [7, 11) is -4.11. The van der Waals surface area contributed by atoms with Gasteiger partial charge in [-0.15, -0.1) is 0 Å². The molecule has 1 aromatic carbocycles. The van der Waals surface area contributed by atoms with Gasteiger partial charge in [0.1, 0.15) is 6.54 Å². The van der Waals surface area contributed by atoms with Crippen LogP contribution in [0.4, 0.5) is 5.69 Å². The summed E-state index contributed by atoms with van der Waals surface area (Å²) >= 11 is 0. The molecule has 0 radical (unpaired) electrons. The molecule has 0 unspecified atom stereocenters. The number of hydrazone groups is 1. The molecule has 2 rings (SSSR count). The van der Waals surface area contributed by atoms with Crippen molar-refractivity contribution in [3.63, 3.8) is 0 Å². The number of hydrogen-bond acceptors (Lipinski definition) is 5. The van der Waals surface area contributed by atoms with Gasteiger partial charge in [0, 0.05) is 29.9 Å². The molecule has 0 fully saturated rings. The summed E-state index contributed by atoms with van der Waals surface area (Å²) in [5.41, 5.74) is 5.80. The van der Waals surface area contributed by atoms with Crippen molar-refractivity contribution in [2.75, 3.05) is 11.2 Å². The fraction of sp³-hybridized carbons (Fsp3) is 0.294. The number of nitrogens with zero attached hydrogens (tertiary/aromatic N) is 2. The van der Waals surface area contributed by atoms with Gasteiger partial charge in [0.25, 0.3) is 0 Å². The minimum atomic E-state index is -4.11. The highest BCUT2D eigenvalue weighted by molar-refractivity contribution is 7.85. The van der Waals surface area contributed by atoms with Crippen LogP contribution in [0.3, 0.4) is 0 Å². The first-order valence-electron chi connectivity index (χ1n) is 7.72. The van der Waals surface area contributed by atoms with Crippen molar-refractivity contribution < 1.29 is 17.5 Å². The highest BCUT2D eigenvalue weighted by Gasteiger charge is 2.04. The number of para-hydroxylation sites is 1. The highest BCUT2D eigenvalue weighted by Crippen LogP contribution is 2.06. The van der Waals surface area contributed by atoms with Gasteiger partial charge < -0.3 is 4.55 Å². The van der Waals surface area contributed by atoms with E-state index >= 15 is 0 Å². The molecule has 0 saturated carbocycles. The largest absolute Gasteiger partial charge is 0.748 e. The average Bonchev–Trinajstić information content (AvgIpc) is 2.57. The summed E-state index contributed by atoms with van der Waals surface area (Å²) in [6, 6.07) is 13.6. The van der Waals surface area contributed by atoms with Crippen molar-refractivity contribution in [3.8, 4) is 0 Å². The van der Waals surface area contributed by atoms with Crippen molar-refractivity contribution in [1.82, 2.24) is 0 Å². The van der Waals surface area contributed by atoms with Crippen molar-refractivity contribution in [1.29, 1.82) is 0 Å². The third-order valence-electron chi connectivity index (χ3n) is 3.50. The van der Waals surface area contributed by atoms with E-state index < -0.39 is 10.1 Å². The zero-order valence-electron chi connectivity index (χ0n) is 13.6. The van der Waals surface area contributed by atoms with Crippen LogP contribution in [0, 0.1) is 0 Å². The maximum Gasteiger partial charge on any atom is 0.169 e. The topological polar surface area (TPSA) is 85.5 Å². The van der Waals surface area contributed by atoms with Crippen LogP contribution in [0.2, 0.25) is 0 Å². The number of aromatic nitrogens is 1. The molecule has 2 aromatic rings. The molecule has 0 spiro atoms. The maximum absolute atomic E-state index is 10.5. The van der Waals surface area contributed by atoms with Gasteiger partial charge in [-0.2, -0.15) is 5.10 Å². The Kier molecular flexibility index (Phi) is 6.45. The van der Waals surface area contributed by atoms with Gasteiger partial charge in [-0.25, -0.2) is 13.0 Å². The lowest BCUT2D eigenvalue weighted by Gasteiger charge is -2.05. The van der Waals surface area contributed by atoms with Gasteiger partial charge in [-0.1, -0.05) is 18.2 Å². The fourth-order valence-electron chi connectivity index (χ4n) is 2.15. The fourth-order valence-corrected chi connectivity index (χ4v) is 2.70. The summed E-state index contributed by atoms with van der Waals surface area (Å²) in [5, 5.41) is 4.35. The molecule has 128 valence electrons. The molecule has 1 heterocycles. The van der Waals surface area contributed by atoms with Crippen LogP contribution in [0.5, 0.6) is 0 Å². The molecule has 1 aromatic heterocycles. The Hall–Kier alpha value is -2.25. The second kappa shape index (κ2) is 8.56. The van der Waals surface area contributed by atoms with Crippen LogP contribution in [-0.4, -0.2) is 24.4 Å². The van der Waals surface area contributed by atoms with Crippen molar-refractivity contribution >= 4 is 21.5 Å². The Balaban J connectivity index is 1.86. The number of rotatable bonds is 8. The number of nitrogens with one attached hydrogen (secondary N) is 1. The molecule has 0 aliphatic heterocycles. The normalized spacial score (nSPS) is 12.2. The second-order valence-electron chi connectivity index (χ2n) is 5.47. The summed E-state index contributed by atoms with van der Waals surface area (Å²) < 4.78 is 33.6. The predicted octanol–water partition coefficient (Wildman–Crippen LogP) is 2.14. The monoisotopic (exact) mass is 347 g/mol. The first-order valence-corrected chi connectivity index (χ1v) is 9.30. The molecule has 0 atom stereocenters. The maximum atomic E-state index is 10.5. The van der Waals surface area contributed by atoms with Gasteiger partial charge in [-0.05, 0) is 25.5 Å². The predicted molar refractivity (Wildman–Crippen MR) is 92.7 cm³/mol. The van der Waals surface area contributed by atoms with Crippen LogP contribution < -0.4 is 9.99 Å². The van der Waals surface area contributed by atoms with Gasteiger partial charge in [0.15, 0.2) is 12.4 Å². The third kappa shape index (κ3) is 6.47. The van der Waals surface area contributed by atoms with E-state index in [2.05, 4.69) is 10.5 Å². The van der Waals surface area contributed by atoms with Crippen LogP contribution in [0.25, 0.3) is 0 Å². The van der Waals surface area contributed by atoms with Crippen molar-refractivity contribution in [2.45, 2.75) is 26.3 Å². The minimum Gasteiger partial charge on any atom is -0.748 e. The standard InChI is InChI=1S/C17H21N3O3S/c1-15(18-19-17-7-3-2-4-8-17)16-9-12-20(13-10-16)11-5-6-14-24(21,22)23/h2-4,7-10,12-13H,5-6,11,14H2,1H3,(H,21,22,23). The van der Waals surface area contributed by atoms with Crippen LogP contribution >= 0.6 is 0 Å². The number of anilines is 1. The number of hydrogen-bond donors (Lipinski definition) is 1. The number of benzene rings is 1. The summed E-state index contributed by atoms with van der Waals surface area (Å²) in [6.07, 6.45) is 4.86. The van der Waals surface area contributed by atoms with Gasteiger partial charge in [-0.3, -0.25) is 5.43 Å². The molecule has 6 nitrogen and oxygen atoms in total. The number of pyridine rings is 1. The first kappa shape index (κ1) is 18.1. The van der Waals surface area contributed by atoms with E-state index in [0.717, 1.165) is 17.0 Å². The van der Waals surface area contributed by atoms with E-state index in [1.54, 1.807) is 0 Å². The zero-order valence-corrected chi connectivity index (χ0v) is 14.4. The van der Waals surface area contributed by atoms with Gasteiger partial charge in [0.05, 0.1) is 21.5 Å². The average molecular weight is 347 g/mol. The van der Waals surface area contributed by atoms with Gasteiger partial charge >= 0.3 is 0 Å². The van der Waals surface area contributed by atoms with Crippen molar-refractivity contribution in [3.05, 3.63) is 60.4 Å². The molecule has 0 aliphatic rings. The first-order chi connectivity index (χ1) is 11.4. The Morgan fingerprint density at radius 2 is 1.79 bits per heavy atom. The molecular formula is C17H21N3O3S. The third-order valence-corrected chi connectivity index (χ3v) is 4.28. The summed E-state index contributed by atoms with van der Waals surface area (Å²) in [6.45, 7) is 2.60. The Bertz CT molecular complexity index is 772. The van der Waals surface area contributed by atoms with E-state index in [9.17, 15) is 13.0 Å².